The van der Waals surface area contributed by atoms with Crippen LogP contribution in [0.4, 0.5) is 5.95 Å². The first-order valence-electron chi connectivity index (χ1n) is 10.6. The number of hydrogen-bond acceptors (Lipinski definition) is 6. The van der Waals surface area contributed by atoms with Gasteiger partial charge in [-0.3, -0.25) is 14.7 Å². The first-order valence-corrected chi connectivity index (χ1v) is 9.32. The molecule has 0 saturated carbocycles. The molecule has 28 heavy (non-hydrogen) atoms. The van der Waals surface area contributed by atoms with Crippen LogP contribution in [-0.2, 0) is 17.8 Å². The third-order valence-electron chi connectivity index (χ3n) is 4.30. The van der Waals surface area contributed by atoms with Gasteiger partial charge in [0, 0.05) is 32.7 Å². The summed E-state index contributed by atoms with van der Waals surface area (Å²) in [5, 5.41) is 3.92. The standard InChI is InChI=1S/C18H20Cl2N6O2/c19-13-2-1-12(9-14(13)20)10-21-18-23-16-15(17(27)24-18)26(11-22-16)4-3-25-5-7-28-8-6-25/h1-2,9,11H,3-8,10H2,(H2,21,23,24,27)/i7D2,8D2. The van der Waals surface area contributed by atoms with Crippen LogP contribution in [0.2, 0.25) is 10.0 Å². The fourth-order valence-corrected chi connectivity index (χ4v) is 3.16. The quantitative estimate of drug-likeness (QED) is 0.628. The van der Waals surface area contributed by atoms with Crippen LogP contribution in [0, 0.1) is 0 Å². The lowest BCUT2D eigenvalue weighted by Gasteiger charge is -2.26. The number of rotatable bonds is 6. The molecule has 10 heteroatoms. The molecule has 1 fully saturated rings. The zero-order valence-electron chi connectivity index (χ0n) is 18.7. The molecule has 0 radical (unpaired) electrons. The molecular formula is C18H20Cl2N6O2. The molecule has 0 atom stereocenters. The first kappa shape index (κ1) is 14.8. The summed E-state index contributed by atoms with van der Waals surface area (Å²) in [7, 11) is 0. The number of fused-ring (bicyclic) bond motifs is 1. The van der Waals surface area contributed by atoms with Gasteiger partial charge in [0.2, 0.25) is 5.95 Å². The van der Waals surface area contributed by atoms with E-state index in [9.17, 15) is 4.79 Å². The lowest BCUT2D eigenvalue weighted by Crippen LogP contribution is -2.38. The summed E-state index contributed by atoms with van der Waals surface area (Å²) in [4.78, 5) is 25.5. The van der Waals surface area contributed by atoms with Crippen LogP contribution in [0.5, 0.6) is 0 Å². The maximum absolute atomic E-state index is 12.7. The topological polar surface area (TPSA) is 88.1 Å². The molecular weight excluding hydrogens is 403 g/mol. The number of aromatic amines is 1. The van der Waals surface area contributed by atoms with Crippen molar-refractivity contribution in [2.75, 3.05) is 38.1 Å². The van der Waals surface area contributed by atoms with Crippen LogP contribution in [0.15, 0.2) is 29.3 Å². The number of nitrogens with one attached hydrogen (secondary N) is 2. The van der Waals surface area contributed by atoms with E-state index in [4.69, 9.17) is 33.4 Å². The molecule has 2 N–H and O–H groups in total. The van der Waals surface area contributed by atoms with Gasteiger partial charge in [-0.2, -0.15) is 4.98 Å². The fourth-order valence-electron chi connectivity index (χ4n) is 2.84. The lowest BCUT2D eigenvalue weighted by molar-refractivity contribution is 0.0365. The Balaban J connectivity index is 1.46. The van der Waals surface area contributed by atoms with Gasteiger partial charge in [0.05, 0.1) is 35.0 Å². The van der Waals surface area contributed by atoms with E-state index in [2.05, 4.69) is 20.3 Å². The number of ether oxygens (including phenoxy) is 1. The van der Waals surface area contributed by atoms with E-state index in [-0.39, 0.29) is 35.8 Å². The molecule has 0 aliphatic carbocycles. The van der Waals surface area contributed by atoms with Crippen LogP contribution < -0.4 is 10.9 Å². The molecule has 1 aromatic carbocycles. The van der Waals surface area contributed by atoms with Crippen LogP contribution in [0.3, 0.4) is 0 Å². The van der Waals surface area contributed by atoms with Crippen LogP contribution in [0.1, 0.15) is 11.0 Å². The van der Waals surface area contributed by atoms with E-state index in [1.807, 2.05) is 6.07 Å². The van der Waals surface area contributed by atoms with Gasteiger partial charge >= 0.3 is 0 Å². The summed E-state index contributed by atoms with van der Waals surface area (Å²) in [6.45, 7) is -3.34. The van der Waals surface area contributed by atoms with Crippen LogP contribution in [0.25, 0.3) is 11.2 Å². The molecule has 8 nitrogen and oxygen atoms in total. The minimum Gasteiger partial charge on any atom is -0.379 e. The highest BCUT2D eigenvalue weighted by molar-refractivity contribution is 6.42. The number of H-pyrrole nitrogens is 1. The summed E-state index contributed by atoms with van der Waals surface area (Å²) in [6.07, 6.45) is 1.49. The first-order chi connectivity index (χ1) is 15.0. The summed E-state index contributed by atoms with van der Waals surface area (Å²) >= 11 is 11.9. The largest absolute Gasteiger partial charge is 0.379 e. The minimum absolute atomic E-state index is 0.0729. The van der Waals surface area contributed by atoms with Crippen molar-refractivity contribution in [3.05, 3.63) is 50.5 Å². The second kappa shape index (κ2) is 8.48. The van der Waals surface area contributed by atoms with Gasteiger partial charge in [-0.05, 0) is 17.7 Å². The Kier molecular flexibility index (Phi) is 4.49. The molecule has 148 valence electrons. The minimum atomic E-state index is -2.09. The summed E-state index contributed by atoms with van der Waals surface area (Å²) in [6, 6.07) is 5.22. The van der Waals surface area contributed by atoms with Gasteiger partial charge in [-0.1, -0.05) is 29.3 Å². The number of halogens is 2. The molecule has 1 aliphatic heterocycles. The van der Waals surface area contributed by atoms with E-state index in [0.29, 0.717) is 29.7 Å². The van der Waals surface area contributed by atoms with Gasteiger partial charge < -0.3 is 14.6 Å². The van der Waals surface area contributed by atoms with E-state index >= 15 is 0 Å². The van der Waals surface area contributed by atoms with Crippen molar-refractivity contribution in [1.82, 2.24) is 24.4 Å². The zero-order chi connectivity index (χ0) is 23.1. The van der Waals surface area contributed by atoms with E-state index in [1.165, 1.54) is 6.33 Å². The Morgan fingerprint density at radius 1 is 1.25 bits per heavy atom. The van der Waals surface area contributed by atoms with Crippen molar-refractivity contribution < 1.29 is 10.2 Å². The van der Waals surface area contributed by atoms with Crippen molar-refractivity contribution in [2.24, 2.45) is 0 Å². The number of imidazole rings is 1. The van der Waals surface area contributed by atoms with E-state index in [1.54, 1.807) is 21.6 Å². The predicted molar refractivity (Wildman–Crippen MR) is 109 cm³/mol. The normalized spacial score (nSPS) is 20.9. The smallest absolute Gasteiger partial charge is 0.278 e. The third kappa shape index (κ3) is 4.30. The molecule has 2 aromatic heterocycles. The third-order valence-corrected chi connectivity index (χ3v) is 5.04. The van der Waals surface area contributed by atoms with Crippen LogP contribution >= 0.6 is 23.2 Å². The van der Waals surface area contributed by atoms with Gasteiger partial charge in [0.15, 0.2) is 11.2 Å². The Morgan fingerprint density at radius 3 is 2.86 bits per heavy atom. The van der Waals surface area contributed by atoms with Gasteiger partial charge in [0.1, 0.15) is 0 Å². The SMILES string of the molecule is [2H]C1([2H])CN(CCn2cnc3nc(NCc4ccc(Cl)c(Cl)c4)[nH]c(=O)c32)CC([2H])([2H])O1. The summed E-state index contributed by atoms with van der Waals surface area (Å²) in [5.41, 5.74) is 1.03. The number of morpholine rings is 1. The average molecular weight is 427 g/mol. The number of benzene rings is 1. The monoisotopic (exact) mass is 426 g/mol. The molecule has 3 aromatic rings. The van der Waals surface area contributed by atoms with Crippen molar-refractivity contribution in [3.8, 4) is 0 Å². The van der Waals surface area contributed by atoms with Gasteiger partial charge in [0.25, 0.3) is 5.56 Å². The van der Waals surface area contributed by atoms with Crippen molar-refractivity contribution >= 4 is 40.3 Å². The molecule has 1 aliphatic rings. The average Bonchev–Trinajstić information content (AvgIpc) is 3.08. The Morgan fingerprint density at radius 2 is 2.07 bits per heavy atom. The number of nitrogens with zero attached hydrogens (tertiary/aromatic N) is 4. The Hall–Kier alpha value is -2.13. The fraction of sp³-hybridized carbons (Fsp3) is 0.389. The highest BCUT2D eigenvalue weighted by atomic mass is 35.5. The molecule has 1 saturated heterocycles. The van der Waals surface area contributed by atoms with E-state index in [0.717, 1.165) is 5.56 Å². The zero-order valence-corrected chi connectivity index (χ0v) is 16.2. The molecule has 4 rings (SSSR count). The molecule has 3 heterocycles. The van der Waals surface area contributed by atoms with Gasteiger partial charge in [-0.15, -0.1) is 0 Å². The maximum atomic E-state index is 12.7. The molecule has 0 spiro atoms. The summed E-state index contributed by atoms with van der Waals surface area (Å²) < 4.78 is 37.4. The number of aromatic nitrogens is 4. The Bertz CT molecular complexity index is 1190. The summed E-state index contributed by atoms with van der Waals surface area (Å²) in [5.74, 6) is 0.258. The number of anilines is 1. The van der Waals surface area contributed by atoms with Gasteiger partial charge in [-0.25, -0.2) is 4.98 Å². The second-order valence-corrected chi connectivity index (χ2v) is 7.04. The predicted octanol–water partition coefficient (Wildman–Crippen LogP) is 2.37. The van der Waals surface area contributed by atoms with Crippen molar-refractivity contribution in [2.45, 2.75) is 13.1 Å². The molecule has 0 bridgehead atoms. The highest BCUT2D eigenvalue weighted by Gasteiger charge is 2.14. The van der Waals surface area contributed by atoms with Crippen LogP contribution in [-0.4, -0.2) is 57.2 Å². The number of hydrogen-bond donors (Lipinski definition) is 2. The maximum Gasteiger partial charge on any atom is 0.278 e. The Labute approximate surface area is 177 Å². The lowest BCUT2D eigenvalue weighted by atomic mass is 10.2. The molecule has 0 unspecified atom stereocenters. The highest BCUT2D eigenvalue weighted by Crippen LogP contribution is 2.22. The van der Waals surface area contributed by atoms with Crippen molar-refractivity contribution in [3.63, 3.8) is 0 Å². The second-order valence-electron chi connectivity index (χ2n) is 6.23. The molecule has 0 amide bonds. The van der Waals surface area contributed by atoms with Crippen molar-refractivity contribution in [1.29, 1.82) is 0 Å². The van der Waals surface area contributed by atoms with E-state index < -0.39 is 13.1 Å².